The average molecular weight is 372 g/mol. The Bertz CT molecular complexity index is 1120. The second-order valence-electron chi connectivity index (χ2n) is 6.60. The van der Waals surface area contributed by atoms with Gasteiger partial charge in [0.15, 0.2) is 0 Å². The van der Waals surface area contributed by atoms with Gasteiger partial charge in [-0.2, -0.15) is 4.31 Å². The standard InChI is InChI=1S/C18H20N4O3S/c1-14-5-4-8-20-11-15(19-18(14)20)12-21-13-16(6-7-17(21)23)26(24,25)22-9-2-3-10-22/h4-8,11,13H,2-3,9-10,12H2,1H3. The minimum absolute atomic E-state index is 0.152. The summed E-state index contributed by atoms with van der Waals surface area (Å²) in [4.78, 5) is 16.9. The first kappa shape index (κ1) is 17.0. The lowest BCUT2D eigenvalue weighted by atomic mass is 10.3. The highest BCUT2D eigenvalue weighted by Crippen LogP contribution is 2.20. The van der Waals surface area contributed by atoms with Crippen LogP contribution in [0, 0.1) is 6.92 Å². The van der Waals surface area contributed by atoms with Crippen molar-refractivity contribution >= 4 is 15.7 Å². The Morgan fingerprint density at radius 2 is 1.88 bits per heavy atom. The van der Waals surface area contributed by atoms with Gasteiger partial charge >= 0.3 is 0 Å². The Morgan fingerprint density at radius 1 is 1.12 bits per heavy atom. The number of fused-ring (bicyclic) bond motifs is 1. The summed E-state index contributed by atoms with van der Waals surface area (Å²) in [6, 6.07) is 6.61. The molecule has 0 radical (unpaired) electrons. The molecule has 8 heteroatoms. The normalized spacial score (nSPS) is 15.7. The molecule has 0 N–H and O–H groups in total. The highest BCUT2D eigenvalue weighted by molar-refractivity contribution is 7.89. The topological polar surface area (TPSA) is 76.7 Å². The molecule has 7 nitrogen and oxygen atoms in total. The monoisotopic (exact) mass is 372 g/mol. The van der Waals surface area contributed by atoms with E-state index in [1.807, 2.05) is 35.9 Å². The molecular weight excluding hydrogens is 352 g/mol. The van der Waals surface area contributed by atoms with Crippen molar-refractivity contribution in [2.24, 2.45) is 0 Å². The van der Waals surface area contributed by atoms with Crippen molar-refractivity contribution in [2.45, 2.75) is 31.2 Å². The molecule has 0 atom stereocenters. The van der Waals surface area contributed by atoms with Crippen LogP contribution >= 0.6 is 0 Å². The lowest BCUT2D eigenvalue weighted by Gasteiger charge is -2.16. The summed E-state index contributed by atoms with van der Waals surface area (Å²) in [5.41, 5.74) is 2.32. The van der Waals surface area contributed by atoms with Crippen LogP contribution in [0.25, 0.3) is 5.65 Å². The van der Waals surface area contributed by atoms with E-state index in [0.717, 1.165) is 24.1 Å². The zero-order valence-electron chi connectivity index (χ0n) is 14.5. The number of imidazole rings is 1. The molecule has 0 aromatic carbocycles. The van der Waals surface area contributed by atoms with E-state index in [1.54, 1.807) is 0 Å². The molecule has 1 fully saturated rings. The Hall–Kier alpha value is -2.45. The molecule has 0 saturated carbocycles. The van der Waals surface area contributed by atoms with Gasteiger partial charge in [-0.25, -0.2) is 13.4 Å². The Labute approximate surface area is 151 Å². The number of rotatable bonds is 4. The minimum Gasteiger partial charge on any atom is -0.308 e. The molecule has 136 valence electrons. The maximum Gasteiger partial charge on any atom is 0.250 e. The number of aromatic nitrogens is 3. The van der Waals surface area contributed by atoms with E-state index < -0.39 is 10.0 Å². The van der Waals surface area contributed by atoms with E-state index in [9.17, 15) is 13.2 Å². The number of pyridine rings is 2. The summed E-state index contributed by atoms with van der Waals surface area (Å²) in [7, 11) is -3.55. The van der Waals surface area contributed by atoms with Crippen molar-refractivity contribution in [2.75, 3.05) is 13.1 Å². The highest BCUT2D eigenvalue weighted by atomic mass is 32.2. The SMILES string of the molecule is Cc1cccn2cc(Cn3cc(S(=O)(=O)N4CCCC4)ccc3=O)nc12. The van der Waals surface area contributed by atoms with Crippen molar-refractivity contribution < 1.29 is 8.42 Å². The predicted octanol–water partition coefficient (Wildman–Crippen LogP) is 1.64. The van der Waals surface area contributed by atoms with Gasteiger partial charge in [0.25, 0.3) is 5.56 Å². The fraction of sp³-hybridized carbons (Fsp3) is 0.333. The van der Waals surface area contributed by atoms with Crippen LogP contribution in [0.1, 0.15) is 24.1 Å². The van der Waals surface area contributed by atoms with Gasteiger partial charge in [-0.15, -0.1) is 0 Å². The van der Waals surface area contributed by atoms with Crippen molar-refractivity contribution in [3.05, 3.63) is 64.5 Å². The molecule has 0 amide bonds. The minimum atomic E-state index is -3.55. The van der Waals surface area contributed by atoms with Gasteiger partial charge in [-0.1, -0.05) is 6.07 Å². The number of nitrogens with zero attached hydrogens (tertiary/aromatic N) is 4. The van der Waals surface area contributed by atoms with Gasteiger partial charge < -0.3 is 8.97 Å². The Morgan fingerprint density at radius 3 is 2.62 bits per heavy atom. The summed E-state index contributed by atoms with van der Waals surface area (Å²) in [6.07, 6.45) is 6.93. The van der Waals surface area contributed by atoms with Crippen LogP contribution in [-0.4, -0.2) is 39.8 Å². The molecule has 1 saturated heterocycles. The first-order valence-corrected chi connectivity index (χ1v) is 10.0. The van der Waals surface area contributed by atoms with Gasteiger partial charge in [0, 0.05) is 37.7 Å². The smallest absolute Gasteiger partial charge is 0.250 e. The molecule has 4 heterocycles. The molecule has 0 aliphatic carbocycles. The largest absolute Gasteiger partial charge is 0.308 e. The molecule has 0 bridgehead atoms. The molecule has 0 unspecified atom stereocenters. The average Bonchev–Trinajstić information content (AvgIpc) is 3.27. The molecule has 4 rings (SSSR count). The van der Waals surface area contributed by atoms with E-state index in [1.165, 1.54) is 27.2 Å². The summed E-state index contributed by atoms with van der Waals surface area (Å²) < 4.78 is 30.2. The molecule has 1 aliphatic rings. The molecule has 1 aliphatic heterocycles. The lowest BCUT2D eigenvalue weighted by Crippen LogP contribution is -2.29. The maximum atomic E-state index is 12.7. The van der Waals surface area contributed by atoms with Gasteiger partial charge in [0.2, 0.25) is 10.0 Å². The van der Waals surface area contributed by atoms with E-state index in [-0.39, 0.29) is 17.0 Å². The van der Waals surface area contributed by atoms with Gasteiger partial charge in [0.1, 0.15) is 5.65 Å². The zero-order chi connectivity index (χ0) is 18.3. The van der Waals surface area contributed by atoms with Gasteiger partial charge in [0.05, 0.1) is 17.1 Å². The summed E-state index contributed by atoms with van der Waals surface area (Å²) in [5.74, 6) is 0. The molecular formula is C18H20N4O3S. The van der Waals surface area contributed by atoms with Crippen LogP contribution in [0.15, 0.2) is 52.5 Å². The second-order valence-corrected chi connectivity index (χ2v) is 8.53. The second kappa shape index (κ2) is 6.37. The van der Waals surface area contributed by atoms with Crippen LogP contribution < -0.4 is 5.56 Å². The lowest BCUT2D eigenvalue weighted by molar-refractivity contribution is 0.476. The van der Waals surface area contributed by atoms with Crippen LogP contribution in [-0.2, 0) is 16.6 Å². The third-order valence-corrected chi connectivity index (χ3v) is 6.60. The van der Waals surface area contributed by atoms with E-state index in [0.29, 0.717) is 18.8 Å². The van der Waals surface area contributed by atoms with Gasteiger partial charge in [-0.05, 0) is 37.5 Å². The van der Waals surface area contributed by atoms with Crippen molar-refractivity contribution in [3.8, 4) is 0 Å². The van der Waals surface area contributed by atoms with E-state index in [4.69, 9.17) is 0 Å². The van der Waals surface area contributed by atoms with Gasteiger partial charge in [-0.3, -0.25) is 4.79 Å². The predicted molar refractivity (Wildman–Crippen MR) is 97.7 cm³/mol. The molecule has 0 spiro atoms. The Kier molecular flexibility index (Phi) is 4.16. The summed E-state index contributed by atoms with van der Waals surface area (Å²) in [5, 5.41) is 0. The molecule has 3 aromatic heterocycles. The third kappa shape index (κ3) is 2.95. The number of sulfonamides is 1. The zero-order valence-corrected chi connectivity index (χ0v) is 15.3. The highest BCUT2D eigenvalue weighted by Gasteiger charge is 2.27. The van der Waals surface area contributed by atoms with E-state index >= 15 is 0 Å². The number of aryl methyl sites for hydroxylation is 1. The fourth-order valence-corrected chi connectivity index (χ4v) is 4.86. The van der Waals surface area contributed by atoms with Crippen LogP contribution in [0.5, 0.6) is 0 Å². The Balaban J connectivity index is 1.70. The number of hydrogen-bond donors (Lipinski definition) is 0. The van der Waals surface area contributed by atoms with Crippen molar-refractivity contribution in [1.82, 2.24) is 18.3 Å². The van der Waals surface area contributed by atoms with Crippen molar-refractivity contribution in [1.29, 1.82) is 0 Å². The van der Waals surface area contributed by atoms with Crippen LogP contribution in [0.3, 0.4) is 0 Å². The summed E-state index contributed by atoms with van der Waals surface area (Å²) in [6.45, 7) is 3.27. The number of hydrogen-bond acceptors (Lipinski definition) is 4. The third-order valence-electron chi connectivity index (χ3n) is 4.72. The maximum absolute atomic E-state index is 12.7. The molecule has 26 heavy (non-hydrogen) atoms. The fourth-order valence-electron chi connectivity index (χ4n) is 3.32. The first-order chi connectivity index (χ1) is 12.4. The van der Waals surface area contributed by atoms with E-state index in [2.05, 4.69) is 4.98 Å². The molecule has 3 aromatic rings. The van der Waals surface area contributed by atoms with Crippen molar-refractivity contribution in [3.63, 3.8) is 0 Å². The van der Waals surface area contributed by atoms with Crippen LogP contribution in [0.4, 0.5) is 0 Å². The van der Waals surface area contributed by atoms with Crippen LogP contribution in [0.2, 0.25) is 0 Å². The summed E-state index contributed by atoms with van der Waals surface area (Å²) >= 11 is 0. The quantitative estimate of drug-likeness (QED) is 0.698. The first-order valence-electron chi connectivity index (χ1n) is 8.59.